The van der Waals surface area contributed by atoms with E-state index in [1.165, 1.54) is 12.8 Å². The average Bonchev–Trinajstić information content (AvgIpc) is 2.68. The molecule has 20 heavy (non-hydrogen) atoms. The molecule has 0 heterocycles. The van der Waals surface area contributed by atoms with Gasteiger partial charge in [0.2, 0.25) is 0 Å². The normalized spacial score (nSPS) is 18.6. The molecule has 1 aromatic rings. The van der Waals surface area contributed by atoms with E-state index in [2.05, 4.69) is 0 Å². The number of halogens is 1. The molecule has 0 aliphatic heterocycles. The minimum atomic E-state index is -0.635. The third-order valence-corrected chi connectivity index (χ3v) is 4.59. The Kier molecular flexibility index (Phi) is 5.22. The highest BCUT2D eigenvalue weighted by Gasteiger charge is 2.39. The molecule has 0 atom stereocenters. The summed E-state index contributed by atoms with van der Waals surface area (Å²) in [4.78, 5) is 12.9. The molecule has 0 spiro atoms. The fourth-order valence-electron chi connectivity index (χ4n) is 3.01. The number of ketones is 1. The quantitative estimate of drug-likeness (QED) is 0.579. The molecule has 0 aromatic heterocycles. The van der Waals surface area contributed by atoms with Gasteiger partial charge in [-0.3, -0.25) is 4.79 Å². The van der Waals surface area contributed by atoms with Crippen LogP contribution in [0.4, 0.5) is 0 Å². The molecular weight excluding hydrogens is 272 g/mol. The molecule has 0 amide bonds. The zero-order valence-electron chi connectivity index (χ0n) is 12.4. The van der Waals surface area contributed by atoms with Crippen LogP contribution in [-0.2, 0) is 4.74 Å². The average molecular weight is 295 g/mol. The second-order valence-corrected chi connectivity index (χ2v) is 6.04. The molecule has 1 aromatic carbocycles. The lowest BCUT2D eigenvalue weighted by atomic mass is 9.85. The third kappa shape index (κ3) is 3.24. The largest absolute Gasteiger partial charge is 0.367 e. The number of ether oxygens (including phenoxy) is 1. The summed E-state index contributed by atoms with van der Waals surface area (Å²) in [6, 6.07) is 5.56. The molecule has 0 N–H and O–H groups in total. The van der Waals surface area contributed by atoms with Gasteiger partial charge in [-0.05, 0) is 38.3 Å². The first-order chi connectivity index (χ1) is 9.59. The van der Waals surface area contributed by atoms with E-state index in [0.717, 1.165) is 31.2 Å². The van der Waals surface area contributed by atoms with Crippen LogP contribution in [0, 0.1) is 6.92 Å². The van der Waals surface area contributed by atoms with Gasteiger partial charge >= 0.3 is 0 Å². The zero-order valence-corrected chi connectivity index (χ0v) is 13.1. The molecule has 0 radical (unpaired) electrons. The van der Waals surface area contributed by atoms with E-state index < -0.39 is 5.60 Å². The van der Waals surface area contributed by atoms with Crippen LogP contribution >= 0.6 is 11.6 Å². The molecule has 2 nitrogen and oxygen atoms in total. The first-order valence-electron chi connectivity index (χ1n) is 7.54. The summed E-state index contributed by atoms with van der Waals surface area (Å²) in [7, 11) is 0. The first-order valence-corrected chi connectivity index (χ1v) is 7.92. The van der Waals surface area contributed by atoms with Gasteiger partial charge in [-0.1, -0.05) is 49.4 Å². The molecular formula is C17H23ClO2. The Morgan fingerprint density at radius 2 is 1.90 bits per heavy atom. The van der Waals surface area contributed by atoms with Gasteiger partial charge in [0.25, 0.3) is 0 Å². The first kappa shape index (κ1) is 15.5. The highest BCUT2D eigenvalue weighted by Crippen LogP contribution is 2.34. The number of hydrogen-bond acceptors (Lipinski definition) is 2. The summed E-state index contributed by atoms with van der Waals surface area (Å²) >= 11 is 6.16. The van der Waals surface area contributed by atoms with Crippen molar-refractivity contribution in [3.05, 3.63) is 34.3 Å². The Balaban J connectivity index is 2.32. The van der Waals surface area contributed by atoms with Crippen LogP contribution in [0.2, 0.25) is 5.02 Å². The van der Waals surface area contributed by atoms with Crippen molar-refractivity contribution in [1.29, 1.82) is 0 Å². The van der Waals surface area contributed by atoms with Gasteiger partial charge in [-0.2, -0.15) is 0 Å². The highest BCUT2D eigenvalue weighted by atomic mass is 35.5. The van der Waals surface area contributed by atoms with Gasteiger partial charge in [-0.15, -0.1) is 0 Å². The Labute approximate surface area is 126 Å². The molecule has 0 unspecified atom stereocenters. The van der Waals surface area contributed by atoms with Crippen molar-refractivity contribution in [1.82, 2.24) is 0 Å². The summed E-state index contributed by atoms with van der Waals surface area (Å²) in [6.45, 7) is 4.48. The second kappa shape index (κ2) is 6.73. The van der Waals surface area contributed by atoms with Gasteiger partial charge in [-0.25, -0.2) is 0 Å². The van der Waals surface area contributed by atoms with Gasteiger partial charge in [0, 0.05) is 17.2 Å². The van der Waals surface area contributed by atoms with Crippen molar-refractivity contribution < 1.29 is 9.53 Å². The van der Waals surface area contributed by atoms with E-state index in [4.69, 9.17) is 16.3 Å². The summed E-state index contributed by atoms with van der Waals surface area (Å²) in [5.74, 6) is 0.100. The van der Waals surface area contributed by atoms with Crippen LogP contribution in [-0.4, -0.2) is 18.0 Å². The smallest absolute Gasteiger partial charge is 0.194 e. The molecule has 3 heteroatoms. The van der Waals surface area contributed by atoms with Crippen molar-refractivity contribution >= 4 is 17.4 Å². The summed E-state index contributed by atoms with van der Waals surface area (Å²) in [6.07, 6.45) is 6.15. The van der Waals surface area contributed by atoms with Crippen molar-refractivity contribution in [2.24, 2.45) is 0 Å². The number of rotatable bonds is 4. The van der Waals surface area contributed by atoms with E-state index in [9.17, 15) is 4.79 Å². The number of carbonyl (C=O) groups excluding carboxylic acids is 1. The van der Waals surface area contributed by atoms with Crippen molar-refractivity contribution in [2.75, 3.05) is 6.61 Å². The van der Waals surface area contributed by atoms with Crippen LogP contribution < -0.4 is 0 Å². The fourth-order valence-corrected chi connectivity index (χ4v) is 3.19. The van der Waals surface area contributed by atoms with E-state index >= 15 is 0 Å². The molecule has 1 fully saturated rings. The maximum atomic E-state index is 12.9. The van der Waals surface area contributed by atoms with E-state index in [0.29, 0.717) is 17.2 Å². The number of aryl methyl sites for hydroxylation is 1. The minimum Gasteiger partial charge on any atom is -0.367 e. The second-order valence-electron chi connectivity index (χ2n) is 5.63. The van der Waals surface area contributed by atoms with Gasteiger partial charge in [0.05, 0.1) is 0 Å². The Morgan fingerprint density at radius 3 is 2.45 bits per heavy atom. The van der Waals surface area contributed by atoms with E-state index in [1.807, 2.05) is 26.0 Å². The molecule has 2 rings (SSSR count). The molecule has 110 valence electrons. The SMILES string of the molecule is CCOC1(C(=O)c2ccc(C)c(Cl)c2)CCCCCC1. The Morgan fingerprint density at radius 1 is 1.25 bits per heavy atom. The van der Waals surface area contributed by atoms with Gasteiger partial charge in [0.1, 0.15) is 5.60 Å². The minimum absolute atomic E-state index is 0.100. The van der Waals surface area contributed by atoms with Crippen LogP contribution in [0.25, 0.3) is 0 Å². The van der Waals surface area contributed by atoms with Crippen LogP contribution in [0.15, 0.2) is 18.2 Å². The number of Topliss-reactive ketones (excluding diaryl/α,β-unsaturated/α-hetero) is 1. The molecule has 0 saturated heterocycles. The number of benzene rings is 1. The maximum absolute atomic E-state index is 12.9. The van der Waals surface area contributed by atoms with E-state index in [-0.39, 0.29) is 5.78 Å². The molecule has 1 aliphatic carbocycles. The Hall–Kier alpha value is -0.860. The van der Waals surface area contributed by atoms with Gasteiger partial charge < -0.3 is 4.74 Å². The van der Waals surface area contributed by atoms with Crippen molar-refractivity contribution in [3.8, 4) is 0 Å². The number of hydrogen-bond donors (Lipinski definition) is 0. The lowest BCUT2D eigenvalue weighted by Crippen LogP contribution is -2.41. The zero-order chi connectivity index (χ0) is 14.6. The summed E-state index contributed by atoms with van der Waals surface area (Å²) < 4.78 is 5.94. The van der Waals surface area contributed by atoms with Crippen LogP contribution in [0.5, 0.6) is 0 Å². The standard InChI is InChI=1S/C17H23ClO2/c1-3-20-17(10-6-4-5-7-11-17)16(19)14-9-8-13(2)15(18)12-14/h8-9,12H,3-7,10-11H2,1-2H3. The summed E-state index contributed by atoms with van der Waals surface area (Å²) in [5, 5.41) is 0.649. The molecule has 0 bridgehead atoms. The topological polar surface area (TPSA) is 26.3 Å². The lowest BCUT2D eigenvalue weighted by molar-refractivity contribution is -0.0292. The number of carbonyl (C=O) groups is 1. The van der Waals surface area contributed by atoms with Crippen molar-refractivity contribution in [2.45, 2.75) is 58.0 Å². The van der Waals surface area contributed by atoms with Gasteiger partial charge in [0.15, 0.2) is 5.78 Å². The third-order valence-electron chi connectivity index (χ3n) is 4.18. The predicted octanol–water partition coefficient (Wildman–Crippen LogP) is 4.96. The van der Waals surface area contributed by atoms with Crippen LogP contribution in [0.1, 0.15) is 61.4 Å². The lowest BCUT2D eigenvalue weighted by Gasteiger charge is -2.31. The molecule has 1 aliphatic rings. The fraction of sp³-hybridized carbons (Fsp3) is 0.588. The summed E-state index contributed by atoms with van der Waals surface area (Å²) in [5.41, 5.74) is 1.04. The highest BCUT2D eigenvalue weighted by molar-refractivity contribution is 6.31. The van der Waals surface area contributed by atoms with Crippen LogP contribution in [0.3, 0.4) is 0 Å². The monoisotopic (exact) mass is 294 g/mol. The predicted molar refractivity (Wildman–Crippen MR) is 82.6 cm³/mol. The Bertz CT molecular complexity index is 474. The van der Waals surface area contributed by atoms with E-state index in [1.54, 1.807) is 6.07 Å². The molecule has 1 saturated carbocycles. The van der Waals surface area contributed by atoms with Crippen molar-refractivity contribution in [3.63, 3.8) is 0 Å². The maximum Gasteiger partial charge on any atom is 0.194 e.